The molecule has 6 nitrogen and oxygen atoms in total. The van der Waals surface area contributed by atoms with Crippen molar-refractivity contribution in [2.24, 2.45) is 0 Å². The molecule has 0 saturated carbocycles. The smallest absolute Gasteiger partial charge is 0.161 e. The molecule has 0 saturated heterocycles. The largest absolute Gasteiger partial charge is 0.490 e. The lowest BCUT2D eigenvalue weighted by atomic mass is 10.1. The predicted octanol–water partition coefficient (Wildman–Crippen LogP) is 1.47. The molecule has 0 atom stereocenters. The molecule has 3 rings (SSSR count). The van der Waals surface area contributed by atoms with Gasteiger partial charge in [-0.05, 0) is 23.8 Å². The van der Waals surface area contributed by atoms with Crippen LogP contribution in [0.15, 0.2) is 24.3 Å². The zero-order chi connectivity index (χ0) is 13.2. The van der Waals surface area contributed by atoms with Crippen molar-refractivity contribution in [3.05, 3.63) is 24.3 Å². The normalized spacial score (nSPS) is 13.9. The number of fused-ring (bicyclic) bond motifs is 1. The van der Waals surface area contributed by atoms with Crippen LogP contribution in [-0.2, 0) is 0 Å². The van der Waals surface area contributed by atoms with Crippen LogP contribution in [0.5, 0.6) is 11.5 Å². The molecule has 0 aliphatic carbocycles. The number of hydrogen-bond acceptors (Lipinski definition) is 6. The molecule has 4 N–H and O–H groups in total. The zero-order valence-electron chi connectivity index (χ0n) is 10.3. The third-order valence-corrected chi connectivity index (χ3v) is 2.90. The van der Waals surface area contributed by atoms with E-state index < -0.39 is 0 Å². The van der Waals surface area contributed by atoms with Gasteiger partial charge < -0.3 is 20.9 Å². The average Bonchev–Trinajstić information content (AvgIpc) is 2.66. The standard InChI is InChI=1S/C13H14N4O2/c14-12-7-9(13(15)17-16-12)8-2-3-10-11(6-8)19-5-1-4-18-10/h2-3,6-7H,1,4-5H2,(H2,14,16)(H2,15,17). The molecule has 1 aliphatic rings. The Balaban J connectivity index is 2.06. The number of nitrogens with two attached hydrogens (primary N) is 2. The summed E-state index contributed by atoms with van der Waals surface area (Å²) in [4.78, 5) is 0. The van der Waals surface area contributed by atoms with Crippen molar-refractivity contribution in [3.63, 3.8) is 0 Å². The summed E-state index contributed by atoms with van der Waals surface area (Å²) in [7, 11) is 0. The first-order valence-corrected chi connectivity index (χ1v) is 6.03. The van der Waals surface area contributed by atoms with Crippen LogP contribution in [0.4, 0.5) is 11.6 Å². The van der Waals surface area contributed by atoms with Gasteiger partial charge in [0, 0.05) is 12.0 Å². The van der Waals surface area contributed by atoms with Crippen LogP contribution in [-0.4, -0.2) is 23.4 Å². The lowest BCUT2D eigenvalue weighted by Gasteiger charge is -2.10. The highest BCUT2D eigenvalue weighted by Gasteiger charge is 2.13. The average molecular weight is 258 g/mol. The van der Waals surface area contributed by atoms with Crippen LogP contribution in [0, 0.1) is 0 Å². The molecule has 0 unspecified atom stereocenters. The van der Waals surface area contributed by atoms with Crippen molar-refractivity contribution in [1.82, 2.24) is 10.2 Å². The Hall–Kier alpha value is -2.50. The maximum absolute atomic E-state index is 5.83. The fourth-order valence-corrected chi connectivity index (χ4v) is 1.98. The Morgan fingerprint density at radius 2 is 1.74 bits per heavy atom. The highest BCUT2D eigenvalue weighted by molar-refractivity contribution is 5.77. The van der Waals surface area contributed by atoms with E-state index in [1.54, 1.807) is 6.07 Å². The van der Waals surface area contributed by atoms with Crippen LogP contribution >= 0.6 is 0 Å². The molecule has 19 heavy (non-hydrogen) atoms. The van der Waals surface area contributed by atoms with E-state index in [0.29, 0.717) is 30.6 Å². The van der Waals surface area contributed by atoms with Gasteiger partial charge in [0.2, 0.25) is 0 Å². The van der Waals surface area contributed by atoms with E-state index in [-0.39, 0.29) is 0 Å². The van der Waals surface area contributed by atoms with Crippen molar-refractivity contribution in [2.45, 2.75) is 6.42 Å². The van der Waals surface area contributed by atoms with Gasteiger partial charge in [-0.1, -0.05) is 6.07 Å². The minimum absolute atomic E-state index is 0.330. The first kappa shape index (κ1) is 11.6. The summed E-state index contributed by atoms with van der Waals surface area (Å²) in [5.41, 5.74) is 13.1. The Morgan fingerprint density at radius 1 is 0.947 bits per heavy atom. The lowest BCUT2D eigenvalue weighted by molar-refractivity contribution is 0.297. The van der Waals surface area contributed by atoms with E-state index in [1.807, 2.05) is 18.2 Å². The second-order valence-electron chi connectivity index (χ2n) is 4.28. The van der Waals surface area contributed by atoms with Gasteiger partial charge in [0.15, 0.2) is 17.3 Å². The molecule has 0 radical (unpaired) electrons. The number of ether oxygens (including phenoxy) is 2. The van der Waals surface area contributed by atoms with Crippen LogP contribution in [0.1, 0.15) is 6.42 Å². The van der Waals surface area contributed by atoms with E-state index in [2.05, 4.69) is 10.2 Å². The molecule has 6 heteroatoms. The number of benzene rings is 1. The van der Waals surface area contributed by atoms with Crippen LogP contribution in [0.2, 0.25) is 0 Å². The summed E-state index contributed by atoms with van der Waals surface area (Å²) in [6.45, 7) is 1.31. The molecule has 1 aromatic heterocycles. The summed E-state index contributed by atoms with van der Waals surface area (Å²) >= 11 is 0. The Bertz CT molecular complexity index is 616. The Kier molecular flexibility index (Phi) is 2.83. The van der Waals surface area contributed by atoms with Gasteiger partial charge in [-0.15, -0.1) is 10.2 Å². The molecule has 2 aromatic rings. The van der Waals surface area contributed by atoms with E-state index in [4.69, 9.17) is 20.9 Å². The second kappa shape index (κ2) is 4.64. The van der Waals surface area contributed by atoms with E-state index in [1.165, 1.54) is 0 Å². The summed E-state index contributed by atoms with van der Waals surface area (Å²) < 4.78 is 11.2. The van der Waals surface area contributed by atoms with Gasteiger partial charge in [0.05, 0.1) is 13.2 Å². The Morgan fingerprint density at radius 3 is 2.58 bits per heavy atom. The van der Waals surface area contributed by atoms with E-state index in [0.717, 1.165) is 23.3 Å². The highest BCUT2D eigenvalue weighted by Crippen LogP contribution is 2.35. The van der Waals surface area contributed by atoms with Crippen molar-refractivity contribution >= 4 is 11.6 Å². The van der Waals surface area contributed by atoms with Crippen molar-refractivity contribution in [2.75, 3.05) is 24.7 Å². The summed E-state index contributed by atoms with van der Waals surface area (Å²) in [6, 6.07) is 7.35. The maximum Gasteiger partial charge on any atom is 0.161 e. The van der Waals surface area contributed by atoms with Gasteiger partial charge in [-0.25, -0.2) is 0 Å². The van der Waals surface area contributed by atoms with Crippen molar-refractivity contribution in [3.8, 4) is 22.6 Å². The van der Waals surface area contributed by atoms with Gasteiger partial charge in [-0.3, -0.25) is 0 Å². The third-order valence-electron chi connectivity index (χ3n) is 2.90. The summed E-state index contributed by atoms with van der Waals surface area (Å²) in [5.74, 6) is 2.12. The molecule has 1 aliphatic heterocycles. The number of nitrogen functional groups attached to an aromatic ring is 2. The van der Waals surface area contributed by atoms with Crippen LogP contribution in [0.25, 0.3) is 11.1 Å². The quantitative estimate of drug-likeness (QED) is 0.804. The molecule has 2 heterocycles. The van der Waals surface area contributed by atoms with Crippen molar-refractivity contribution < 1.29 is 9.47 Å². The summed E-state index contributed by atoms with van der Waals surface area (Å²) in [6.07, 6.45) is 0.871. The zero-order valence-corrected chi connectivity index (χ0v) is 10.3. The predicted molar refractivity (Wildman–Crippen MR) is 71.9 cm³/mol. The molecular weight excluding hydrogens is 244 g/mol. The molecular formula is C13H14N4O2. The van der Waals surface area contributed by atoms with Crippen LogP contribution < -0.4 is 20.9 Å². The van der Waals surface area contributed by atoms with Gasteiger partial charge in [0.25, 0.3) is 0 Å². The van der Waals surface area contributed by atoms with Gasteiger partial charge >= 0.3 is 0 Å². The number of hydrogen-bond donors (Lipinski definition) is 2. The van der Waals surface area contributed by atoms with Gasteiger partial charge in [-0.2, -0.15) is 0 Å². The first-order chi connectivity index (χ1) is 9.24. The second-order valence-corrected chi connectivity index (χ2v) is 4.28. The third kappa shape index (κ3) is 2.24. The van der Waals surface area contributed by atoms with Gasteiger partial charge in [0.1, 0.15) is 5.82 Å². The summed E-state index contributed by atoms with van der Waals surface area (Å²) in [5, 5.41) is 7.53. The first-order valence-electron chi connectivity index (χ1n) is 6.03. The molecule has 0 bridgehead atoms. The Labute approximate surface area is 110 Å². The number of rotatable bonds is 1. The highest BCUT2D eigenvalue weighted by atomic mass is 16.5. The van der Waals surface area contributed by atoms with E-state index >= 15 is 0 Å². The molecule has 0 fully saturated rings. The van der Waals surface area contributed by atoms with Crippen molar-refractivity contribution in [1.29, 1.82) is 0 Å². The van der Waals surface area contributed by atoms with E-state index in [9.17, 15) is 0 Å². The number of nitrogens with zero attached hydrogens (tertiary/aromatic N) is 2. The monoisotopic (exact) mass is 258 g/mol. The fraction of sp³-hybridized carbons (Fsp3) is 0.231. The van der Waals surface area contributed by atoms with Crippen LogP contribution in [0.3, 0.4) is 0 Å². The number of aromatic nitrogens is 2. The fourth-order valence-electron chi connectivity index (χ4n) is 1.98. The lowest BCUT2D eigenvalue weighted by Crippen LogP contribution is -2.00. The minimum atomic E-state index is 0.330. The molecule has 0 spiro atoms. The minimum Gasteiger partial charge on any atom is -0.490 e. The SMILES string of the molecule is Nc1cc(-c2ccc3c(c2)OCCCO3)c(N)nn1. The number of anilines is 2. The topological polar surface area (TPSA) is 96.3 Å². The molecule has 98 valence electrons. The molecule has 0 amide bonds. The molecule has 1 aromatic carbocycles. The maximum atomic E-state index is 5.83.